The van der Waals surface area contributed by atoms with Crippen molar-refractivity contribution in [1.82, 2.24) is 5.32 Å². The van der Waals surface area contributed by atoms with Crippen LogP contribution in [0.3, 0.4) is 0 Å². The van der Waals surface area contributed by atoms with Crippen LogP contribution in [0.4, 0.5) is 13.2 Å². The van der Waals surface area contributed by atoms with Gasteiger partial charge in [0, 0.05) is 27.3 Å². The van der Waals surface area contributed by atoms with Crippen molar-refractivity contribution in [3.63, 3.8) is 0 Å². The summed E-state index contributed by atoms with van der Waals surface area (Å²) >= 11 is 3.03. The van der Waals surface area contributed by atoms with Crippen LogP contribution in [0.2, 0.25) is 0 Å². The van der Waals surface area contributed by atoms with Crippen molar-refractivity contribution in [1.29, 1.82) is 0 Å². The fourth-order valence-electron chi connectivity index (χ4n) is 1.47. The van der Waals surface area contributed by atoms with Crippen LogP contribution in [0.1, 0.15) is 22.3 Å². The van der Waals surface area contributed by atoms with Gasteiger partial charge in [0.15, 0.2) is 0 Å². The van der Waals surface area contributed by atoms with E-state index in [9.17, 15) is 26.4 Å². The van der Waals surface area contributed by atoms with Crippen molar-refractivity contribution in [2.45, 2.75) is 24.4 Å². The Hall–Kier alpha value is -0.800. The first-order chi connectivity index (χ1) is 9.42. The van der Waals surface area contributed by atoms with Gasteiger partial charge in [0.05, 0.1) is 11.3 Å². The van der Waals surface area contributed by atoms with E-state index in [1.54, 1.807) is 0 Å². The second-order valence-electron chi connectivity index (χ2n) is 4.16. The van der Waals surface area contributed by atoms with E-state index in [0.29, 0.717) is 5.56 Å². The van der Waals surface area contributed by atoms with Crippen LogP contribution < -0.4 is 5.32 Å². The number of hydrogen-bond acceptors (Lipinski definition) is 3. The molecular weight excluding hydrogens is 399 g/mol. The number of nitrogens with one attached hydrogen (secondary N) is 1. The summed E-state index contributed by atoms with van der Waals surface area (Å²) in [5, 5.41) is 2.07. The average Bonchev–Trinajstić information content (AvgIpc) is 2.29. The van der Waals surface area contributed by atoms with Gasteiger partial charge in [0.25, 0.3) is 15.0 Å². The lowest BCUT2D eigenvalue weighted by Gasteiger charge is -2.10. The van der Waals surface area contributed by atoms with Crippen molar-refractivity contribution in [3.8, 4) is 0 Å². The van der Waals surface area contributed by atoms with Crippen molar-refractivity contribution in [2.24, 2.45) is 0 Å². The smallest absolute Gasteiger partial charge is 0.352 e. The van der Waals surface area contributed by atoms with Crippen LogP contribution in [0.15, 0.2) is 21.5 Å². The Morgan fingerprint density at radius 1 is 1.38 bits per heavy atom. The van der Waals surface area contributed by atoms with Crippen molar-refractivity contribution < 1.29 is 26.4 Å². The molecule has 0 fully saturated rings. The fraction of sp³-hybridized carbons (Fsp3) is 0.364. The zero-order valence-corrected chi connectivity index (χ0v) is 13.8. The third kappa shape index (κ3) is 5.48. The Bertz CT molecular complexity index is 661. The van der Waals surface area contributed by atoms with Gasteiger partial charge in [-0.25, -0.2) is 8.42 Å². The Morgan fingerprint density at radius 2 is 1.95 bits per heavy atom. The number of benzene rings is 1. The first-order valence-corrected chi connectivity index (χ1v) is 8.62. The first kappa shape index (κ1) is 18.2. The third-order valence-corrected chi connectivity index (χ3v) is 5.10. The van der Waals surface area contributed by atoms with E-state index in [2.05, 4.69) is 21.2 Å². The summed E-state index contributed by atoms with van der Waals surface area (Å²) in [7, 11) is 1.15. The largest absolute Gasteiger partial charge is 0.390 e. The van der Waals surface area contributed by atoms with E-state index in [-0.39, 0.29) is 14.9 Å². The lowest BCUT2D eigenvalue weighted by Crippen LogP contribution is -2.28. The quantitative estimate of drug-likeness (QED) is 0.777. The molecule has 1 rings (SSSR count). The Balaban J connectivity index is 2.99. The number of aryl methyl sites for hydroxylation is 1. The molecule has 0 aliphatic heterocycles. The molecule has 0 atom stereocenters. The minimum absolute atomic E-state index is 0.0860. The second kappa shape index (κ2) is 6.53. The normalized spacial score (nSPS) is 12.3. The third-order valence-electron chi connectivity index (χ3n) is 2.44. The number of carbonyl (C=O) groups excluding carboxylic acids is 1. The average molecular weight is 409 g/mol. The summed E-state index contributed by atoms with van der Waals surface area (Å²) in [6, 6.07) is 2.35. The van der Waals surface area contributed by atoms with E-state index >= 15 is 0 Å². The van der Waals surface area contributed by atoms with Gasteiger partial charge in [-0.3, -0.25) is 4.79 Å². The maximum Gasteiger partial charge on any atom is 0.390 e. The maximum absolute atomic E-state index is 12.0. The Labute approximate surface area is 132 Å². The lowest BCUT2D eigenvalue weighted by molar-refractivity contribution is -0.132. The highest BCUT2D eigenvalue weighted by Crippen LogP contribution is 2.29. The lowest BCUT2D eigenvalue weighted by atomic mass is 10.1. The standard InChI is InChI=1S/C11H10BrClF3NO3S/c1-6-4-7(5-8(9(6)12)21(13,19)20)10(18)17-3-2-11(14,15)16/h4-5H,2-3H2,1H3,(H,17,18). The Kier molecular flexibility index (Phi) is 5.68. The van der Waals surface area contributed by atoms with E-state index in [1.807, 2.05) is 0 Å². The molecule has 0 aromatic heterocycles. The molecule has 0 saturated heterocycles. The molecule has 4 nitrogen and oxygen atoms in total. The minimum atomic E-state index is -4.38. The monoisotopic (exact) mass is 407 g/mol. The SMILES string of the molecule is Cc1cc(C(=O)NCCC(F)(F)F)cc(S(=O)(=O)Cl)c1Br. The van der Waals surface area contributed by atoms with E-state index < -0.39 is 34.1 Å². The molecule has 118 valence electrons. The topological polar surface area (TPSA) is 63.2 Å². The highest BCUT2D eigenvalue weighted by atomic mass is 79.9. The molecule has 0 unspecified atom stereocenters. The number of hydrogen-bond donors (Lipinski definition) is 1. The molecule has 0 heterocycles. The number of alkyl halides is 3. The highest BCUT2D eigenvalue weighted by molar-refractivity contribution is 9.10. The molecule has 0 aliphatic rings. The maximum atomic E-state index is 12.0. The van der Waals surface area contributed by atoms with Crippen LogP contribution in [0, 0.1) is 6.92 Å². The predicted molar refractivity (Wildman–Crippen MR) is 74.9 cm³/mol. The molecule has 1 N–H and O–H groups in total. The summed E-state index contributed by atoms with van der Waals surface area (Å²) in [5.41, 5.74) is 0.329. The summed E-state index contributed by atoms with van der Waals surface area (Å²) in [4.78, 5) is 11.4. The van der Waals surface area contributed by atoms with Gasteiger partial charge in [-0.05, 0) is 40.5 Å². The molecule has 0 aliphatic carbocycles. The number of carbonyl (C=O) groups is 1. The van der Waals surface area contributed by atoms with Crippen LogP contribution in [-0.4, -0.2) is 27.0 Å². The van der Waals surface area contributed by atoms with Gasteiger partial charge < -0.3 is 5.32 Å². The molecule has 1 amide bonds. The predicted octanol–water partition coefficient (Wildman–Crippen LogP) is 3.37. The Morgan fingerprint density at radius 3 is 2.43 bits per heavy atom. The summed E-state index contributed by atoms with van der Waals surface area (Å²) in [6.45, 7) is 0.933. The van der Waals surface area contributed by atoms with Crippen LogP contribution in [-0.2, 0) is 9.05 Å². The van der Waals surface area contributed by atoms with Crippen LogP contribution >= 0.6 is 26.6 Å². The van der Waals surface area contributed by atoms with Crippen molar-refractivity contribution in [2.75, 3.05) is 6.54 Å². The molecule has 0 bridgehead atoms. The van der Waals surface area contributed by atoms with Crippen LogP contribution in [0.5, 0.6) is 0 Å². The van der Waals surface area contributed by atoms with Gasteiger partial charge in [-0.15, -0.1) is 0 Å². The van der Waals surface area contributed by atoms with Gasteiger partial charge in [0.2, 0.25) is 0 Å². The van der Waals surface area contributed by atoms with Crippen molar-refractivity contribution >= 4 is 41.6 Å². The number of rotatable bonds is 4. The summed E-state index contributed by atoms with van der Waals surface area (Å²) in [6.07, 6.45) is -5.55. The van der Waals surface area contributed by atoms with E-state index in [1.165, 1.54) is 13.0 Å². The molecule has 10 heteroatoms. The fourth-order valence-corrected chi connectivity index (χ4v) is 3.62. The molecule has 1 aromatic rings. The highest BCUT2D eigenvalue weighted by Gasteiger charge is 2.27. The molecule has 0 spiro atoms. The number of amides is 1. The van der Waals surface area contributed by atoms with Gasteiger partial charge in [0.1, 0.15) is 0 Å². The molecular formula is C11H10BrClF3NO3S. The van der Waals surface area contributed by atoms with Gasteiger partial charge >= 0.3 is 6.18 Å². The molecule has 1 aromatic carbocycles. The minimum Gasteiger partial charge on any atom is -0.352 e. The zero-order valence-electron chi connectivity index (χ0n) is 10.6. The van der Waals surface area contributed by atoms with E-state index in [0.717, 1.165) is 6.07 Å². The molecule has 0 radical (unpaired) electrons. The summed E-state index contributed by atoms with van der Waals surface area (Å²) < 4.78 is 58.9. The van der Waals surface area contributed by atoms with E-state index in [4.69, 9.17) is 10.7 Å². The molecule has 21 heavy (non-hydrogen) atoms. The second-order valence-corrected chi connectivity index (χ2v) is 7.49. The number of halogens is 5. The zero-order chi connectivity index (χ0) is 16.4. The first-order valence-electron chi connectivity index (χ1n) is 5.51. The van der Waals surface area contributed by atoms with Gasteiger partial charge in [-0.2, -0.15) is 13.2 Å². The molecule has 0 saturated carbocycles. The van der Waals surface area contributed by atoms with Gasteiger partial charge in [-0.1, -0.05) is 0 Å². The van der Waals surface area contributed by atoms with Crippen LogP contribution in [0.25, 0.3) is 0 Å². The summed E-state index contributed by atoms with van der Waals surface area (Å²) in [5.74, 6) is -0.809. The van der Waals surface area contributed by atoms with Crippen molar-refractivity contribution in [3.05, 3.63) is 27.7 Å².